The molecule has 0 saturated heterocycles. The first-order valence-electron chi connectivity index (χ1n) is 14.6. The van der Waals surface area contributed by atoms with Crippen LogP contribution in [-0.2, 0) is 5.41 Å². The second-order valence-corrected chi connectivity index (χ2v) is 12.3. The van der Waals surface area contributed by atoms with Gasteiger partial charge in [0.1, 0.15) is 11.6 Å². The van der Waals surface area contributed by atoms with Gasteiger partial charge in [0.2, 0.25) is 5.88 Å². The quantitative estimate of drug-likeness (QED) is 0.213. The molecule has 0 bridgehead atoms. The monoisotopic (exact) mass is 553 g/mol. The summed E-state index contributed by atoms with van der Waals surface area (Å²) < 4.78 is 8.66. The lowest BCUT2D eigenvalue weighted by atomic mass is 9.88. The molecule has 4 heterocycles. The van der Waals surface area contributed by atoms with Crippen molar-refractivity contribution < 1.29 is 4.74 Å². The van der Waals surface area contributed by atoms with Gasteiger partial charge in [0.15, 0.2) is 0 Å². The summed E-state index contributed by atoms with van der Waals surface area (Å²) in [6, 6.07) is 32.1. The minimum absolute atomic E-state index is 0.0173. The van der Waals surface area contributed by atoms with E-state index in [1.165, 1.54) is 22.3 Å². The second kappa shape index (κ2) is 9.91. The molecule has 0 radical (unpaired) electrons. The molecule has 6 nitrogen and oxygen atoms in total. The predicted octanol–water partition coefficient (Wildman–Crippen LogP) is 8.99. The van der Waals surface area contributed by atoms with E-state index in [2.05, 4.69) is 127 Å². The summed E-state index contributed by atoms with van der Waals surface area (Å²) >= 11 is 0. The highest BCUT2D eigenvalue weighted by Gasteiger charge is 2.28. The molecule has 0 unspecified atom stereocenters. The van der Waals surface area contributed by atoms with Crippen molar-refractivity contribution in [3.05, 3.63) is 109 Å². The van der Waals surface area contributed by atoms with Crippen LogP contribution in [0, 0.1) is 0 Å². The van der Waals surface area contributed by atoms with Gasteiger partial charge in [0.05, 0.1) is 29.1 Å². The Morgan fingerprint density at radius 2 is 1.48 bits per heavy atom. The highest BCUT2D eigenvalue weighted by Crippen LogP contribution is 2.42. The van der Waals surface area contributed by atoms with Crippen molar-refractivity contribution in [3.8, 4) is 17.4 Å². The van der Waals surface area contributed by atoms with E-state index < -0.39 is 0 Å². The summed E-state index contributed by atoms with van der Waals surface area (Å²) in [4.78, 5) is 14.1. The number of hydrogen-bond donors (Lipinski definition) is 0. The van der Waals surface area contributed by atoms with Gasteiger partial charge < -0.3 is 14.5 Å². The molecular formula is C36H35N5O. The minimum atomic E-state index is 0.0173. The number of pyridine rings is 2. The van der Waals surface area contributed by atoms with Crippen LogP contribution in [0.3, 0.4) is 0 Å². The SMILES string of the molecule is CC(C)N1CN(c2ccnc(Oc3ccc4c5ccccc5n(-c5cc(C(C)(C)C)ccn5)c4c3)c2)c2ccccc21. The van der Waals surface area contributed by atoms with Crippen LogP contribution in [0.2, 0.25) is 0 Å². The molecule has 1 aliphatic heterocycles. The third kappa shape index (κ3) is 4.44. The van der Waals surface area contributed by atoms with Gasteiger partial charge in [0, 0.05) is 47.0 Å². The first-order chi connectivity index (χ1) is 20.3. The Kier molecular flexibility index (Phi) is 6.15. The number of rotatable bonds is 5. The summed E-state index contributed by atoms with van der Waals surface area (Å²) in [5, 5.41) is 2.34. The van der Waals surface area contributed by atoms with Crippen molar-refractivity contribution in [2.45, 2.75) is 46.1 Å². The molecule has 0 N–H and O–H groups in total. The maximum atomic E-state index is 6.43. The molecule has 3 aromatic heterocycles. The van der Waals surface area contributed by atoms with Gasteiger partial charge in [0.25, 0.3) is 0 Å². The summed E-state index contributed by atoms with van der Waals surface area (Å²) in [7, 11) is 0. The summed E-state index contributed by atoms with van der Waals surface area (Å²) in [6.07, 6.45) is 3.73. The Morgan fingerprint density at radius 1 is 0.738 bits per heavy atom. The van der Waals surface area contributed by atoms with Crippen molar-refractivity contribution in [1.29, 1.82) is 0 Å². The Labute approximate surface area is 246 Å². The van der Waals surface area contributed by atoms with Gasteiger partial charge in [-0.05, 0) is 73.4 Å². The van der Waals surface area contributed by atoms with E-state index in [4.69, 9.17) is 9.72 Å². The normalized spacial score (nSPS) is 13.4. The number of anilines is 3. The first kappa shape index (κ1) is 26.1. The fraction of sp³-hybridized carbons (Fsp3) is 0.222. The third-order valence-corrected chi connectivity index (χ3v) is 8.14. The lowest BCUT2D eigenvalue weighted by Gasteiger charge is -2.25. The number of benzene rings is 3. The minimum Gasteiger partial charge on any atom is -0.439 e. The predicted molar refractivity (Wildman–Crippen MR) is 173 cm³/mol. The number of hydrogen-bond acceptors (Lipinski definition) is 5. The topological polar surface area (TPSA) is 46.4 Å². The van der Waals surface area contributed by atoms with Crippen LogP contribution in [0.4, 0.5) is 17.1 Å². The number of nitrogens with zero attached hydrogens (tertiary/aromatic N) is 5. The van der Waals surface area contributed by atoms with Crippen LogP contribution in [0.5, 0.6) is 11.6 Å². The molecule has 7 rings (SSSR count). The molecule has 0 saturated carbocycles. The van der Waals surface area contributed by atoms with Crippen molar-refractivity contribution >= 4 is 38.9 Å². The zero-order valence-electron chi connectivity index (χ0n) is 24.7. The van der Waals surface area contributed by atoms with Crippen LogP contribution in [-0.4, -0.2) is 27.2 Å². The number of ether oxygens (including phenoxy) is 1. The average Bonchev–Trinajstić information content (AvgIpc) is 3.53. The second-order valence-electron chi connectivity index (χ2n) is 12.3. The Bertz CT molecular complexity index is 1930. The van der Waals surface area contributed by atoms with Gasteiger partial charge in [-0.3, -0.25) is 4.57 Å². The zero-order valence-corrected chi connectivity index (χ0v) is 24.7. The fourth-order valence-electron chi connectivity index (χ4n) is 5.91. The molecule has 3 aromatic carbocycles. The molecule has 0 aliphatic carbocycles. The van der Waals surface area contributed by atoms with Gasteiger partial charge in [-0.1, -0.05) is 51.1 Å². The van der Waals surface area contributed by atoms with Crippen LogP contribution in [0.15, 0.2) is 103 Å². The van der Waals surface area contributed by atoms with Gasteiger partial charge in [-0.2, -0.15) is 0 Å². The molecule has 0 amide bonds. The number of fused-ring (bicyclic) bond motifs is 4. The molecule has 210 valence electrons. The number of aromatic nitrogens is 3. The highest BCUT2D eigenvalue weighted by molar-refractivity contribution is 6.09. The standard InChI is InChI=1S/C36H35N5O/c1-24(2)39-23-40(32-13-9-8-12-31(32)39)26-17-19-38-35(21-26)42-27-14-15-29-28-10-6-7-11-30(28)41(33(29)22-27)34-20-25(16-18-37-34)36(3,4)5/h6-22,24H,23H2,1-5H3. The van der Waals surface area contributed by atoms with Crippen molar-refractivity contribution in [2.24, 2.45) is 0 Å². The number of para-hydroxylation sites is 3. The maximum Gasteiger partial charge on any atom is 0.221 e. The lowest BCUT2D eigenvalue weighted by Crippen LogP contribution is -2.33. The van der Waals surface area contributed by atoms with E-state index in [1.54, 1.807) is 0 Å². The van der Waals surface area contributed by atoms with Crippen molar-refractivity contribution in [3.63, 3.8) is 0 Å². The molecule has 42 heavy (non-hydrogen) atoms. The van der Waals surface area contributed by atoms with E-state index >= 15 is 0 Å². The molecule has 1 aliphatic rings. The van der Waals surface area contributed by atoms with E-state index in [-0.39, 0.29) is 5.41 Å². The Morgan fingerprint density at radius 3 is 2.29 bits per heavy atom. The van der Waals surface area contributed by atoms with Gasteiger partial charge >= 0.3 is 0 Å². The van der Waals surface area contributed by atoms with Gasteiger partial charge in [-0.15, -0.1) is 0 Å². The van der Waals surface area contributed by atoms with Crippen molar-refractivity contribution in [2.75, 3.05) is 16.5 Å². The Hall–Kier alpha value is -4.84. The molecule has 0 fully saturated rings. The lowest BCUT2D eigenvalue weighted by molar-refractivity contribution is 0.463. The van der Waals surface area contributed by atoms with E-state index in [9.17, 15) is 0 Å². The van der Waals surface area contributed by atoms with Crippen LogP contribution >= 0.6 is 0 Å². The third-order valence-electron chi connectivity index (χ3n) is 8.14. The van der Waals surface area contributed by atoms with Crippen LogP contribution in [0.1, 0.15) is 40.2 Å². The maximum absolute atomic E-state index is 6.43. The molecule has 6 aromatic rings. The smallest absolute Gasteiger partial charge is 0.221 e. The van der Waals surface area contributed by atoms with Gasteiger partial charge in [-0.25, -0.2) is 9.97 Å². The molecular weight excluding hydrogens is 518 g/mol. The largest absolute Gasteiger partial charge is 0.439 e. The first-order valence-corrected chi connectivity index (χ1v) is 14.6. The highest BCUT2D eigenvalue weighted by atomic mass is 16.5. The van der Waals surface area contributed by atoms with Crippen molar-refractivity contribution in [1.82, 2.24) is 14.5 Å². The fourth-order valence-corrected chi connectivity index (χ4v) is 5.91. The molecule has 0 atom stereocenters. The summed E-state index contributed by atoms with van der Waals surface area (Å²) in [6.45, 7) is 11.9. The summed E-state index contributed by atoms with van der Waals surface area (Å²) in [5.41, 5.74) is 6.91. The average molecular weight is 554 g/mol. The summed E-state index contributed by atoms with van der Waals surface area (Å²) in [5.74, 6) is 2.19. The Balaban J connectivity index is 1.28. The van der Waals surface area contributed by atoms with E-state index in [1.807, 2.05) is 30.6 Å². The van der Waals surface area contributed by atoms with E-state index in [0.29, 0.717) is 11.9 Å². The molecule has 0 spiro atoms. The molecule has 6 heteroatoms. The van der Waals surface area contributed by atoms with E-state index in [0.717, 1.165) is 40.3 Å². The van der Waals surface area contributed by atoms with Crippen LogP contribution < -0.4 is 14.5 Å². The van der Waals surface area contributed by atoms with Crippen LogP contribution in [0.25, 0.3) is 27.6 Å². The zero-order chi connectivity index (χ0) is 29.0.